The van der Waals surface area contributed by atoms with E-state index in [0.717, 1.165) is 18.3 Å². The maximum atomic E-state index is 8.18. The molecule has 0 aromatic rings. The van der Waals surface area contributed by atoms with Gasteiger partial charge >= 0.3 is 21.8 Å². The fourth-order valence-electron chi connectivity index (χ4n) is 0. The molecule has 0 aliphatic carbocycles. The summed E-state index contributed by atoms with van der Waals surface area (Å²) in [4.78, 5) is 0. The van der Waals surface area contributed by atoms with E-state index >= 15 is 0 Å². The summed E-state index contributed by atoms with van der Waals surface area (Å²) in [7, 11) is 0. The maximum absolute atomic E-state index is 8.18. The Morgan fingerprint density at radius 1 is 1.00 bits per heavy atom. The van der Waals surface area contributed by atoms with E-state index in [9.17, 15) is 0 Å². The number of hydrogen-bond donors (Lipinski definition) is 0. The number of rotatable bonds is 0. The monoisotopic (exact) mass is 154 g/mol. The summed E-state index contributed by atoms with van der Waals surface area (Å²) in [5.41, 5.74) is 0. The summed E-state index contributed by atoms with van der Waals surface area (Å²) in [6, 6.07) is 0. The summed E-state index contributed by atoms with van der Waals surface area (Å²) >= 11 is 1.10. The first-order valence-electron chi connectivity index (χ1n) is 0.144. The third-order valence-electron chi connectivity index (χ3n) is 0. The summed E-state index contributed by atoms with van der Waals surface area (Å²) in [5, 5.41) is 0. The average molecular weight is 153 g/mol. The third-order valence-corrected chi connectivity index (χ3v) is 0. The van der Waals surface area contributed by atoms with E-state index < -0.39 is 0 Å². The van der Waals surface area contributed by atoms with Crippen LogP contribution < -0.4 is 0 Å². The number of hydrogen-bond acceptors (Lipinski definition) is 1. The van der Waals surface area contributed by atoms with Gasteiger partial charge in [-0.1, -0.05) is 0 Å². The van der Waals surface area contributed by atoms with E-state index in [0.29, 0.717) is 0 Å². The quantitative estimate of drug-likeness (QED) is 0.379. The van der Waals surface area contributed by atoms with Gasteiger partial charge in [-0.2, -0.15) is 0 Å². The molecule has 0 rings (SSSR count). The molecule has 0 aromatic heterocycles. The summed E-state index contributed by atoms with van der Waals surface area (Å²) in [6.45, 7) is 0. The van der Waals surface area contributed by atoms with E-state index in [2.05, 4.69) is 0 Å². The summed E-state index contributed by atoms with van der Waals surface area (Å²) < 4.78 is 8.18. The third kappa shape index (κ3) is 35.9. The molecule has 0 heterocycles. The second-order valence-corrected chi connectivity index (χ2v) is 0. The Hall–Kier alpha value is 0.343. The van der Waals surface area contributed by atoms with Crippen LogP contribution in [0.2, 0.25) is 0 Å². The van der Waals surface area contributed by atoms with Crippen LogP contribution in [0, 0.1) is 0 Å². The van der Waals surface area contributed by atoms with Crippen LogP contribution in [-0.2, 0) is 21.8 Å². The molecule has 0 bridgehead atoms. The summed E-state index contributed by atoms with van der Waals surface area (Å²) in [6.07, 6.45) is 0. The molecule has 0 aliphatic rings. The zero-order valence-corrected chi connectivity index (χ0v) is 3.50. The molecule has 0 atom stereocenters. The molecule has 0 aromatic carbocycles. The second-order valence-electron chi connectivity index (χ2n) is 0. The van der Waals surface area contributed by atoms with E-state index in [4.69, 9.17) is 3.57 Å². The van der Waals surface area contributed by atoms with Gasteiger partial charge in [-0.25, -0.2) is 0 Å². The molecule has 0 radical (unpaired) electrons. The van der Waals surface area contributed by atoms with Crippen molar-refractivity contribution < 1.29 is 32.8 Å². The van der Waals surface area contributed by atoms with Crippen molar-refractivity contribution in [1.29, 1.82) is 0 Å². The Bertz CT molecular complexity index is 3.25. The van der Waals surface area contributed by atoms with Crippen LogP contribution >= 0.6 is 0 Å². The molecule has 0 fully saturated rings. The van der Waals surface area contributed by atoms with Crippen molar-refractivity contribution >= 4 is 0 Å². The van der Waals surface area contributed by atoms with E-state index in [-0.39, 0.29) is 11.0 Å². The van der Waals surface area contributed by atoms with Crippen molar-refractivity contribution in [3.8, 4) is 0 Å². The van der Waals surface area contributed by atoms with Gasteiger partial charge in [0.05, 0.1) is 0 Å². The van der Waals surface area contributed by atoms with Crippen LogP contribution in [0.5, 0.6) is 0 Å². The first kappa shape index (κ1) is 26.9. The summed E-state index contributed by atoms with van der Waals surface area (Å²) in [5.74, 6) is 0. The van der Waals surface area contributed by atoms with Gasteiger partial charge < -0.3 is 11.0 Å². The van der Waals surface area contributed by atoms with Crippen LogP contribution in [0.1, 0.15) is 0 Å². The average Bonchev–Trinajstić information content (AvgIpc) is 1.00. The predicted molar refractivity (Wildman–Crippen MR) is 7.91 cm³/mol. The topological polar surface area (TPSA) is 80.1 Å². The molecule has 4 N–H and O–H groups in total. The van der Waals surface area contributed by atoms with E-state index in [1.54, 1.807) is 0 Å². The van der Waals surface area contributed by atoms with Gasteiger partial charge in [-0.3, -0.25) is 0 Å². The fraction of sp³-hybridized carbons (Fsp3) is 0. The van der Waals surface area contributed by atoms with Crippen LogP contribution in [0.4, 0.5) is 0 Å². The predicted octanol–water partition coefficient (Wildman–Crippen LogP) is -1.77. The Labute approximate surface area is 33.6 Å². The van der Waals surface area contributed by atoms with Crippen LogP contribution in [0.25, 0.3) is 0 Å². The van der Waals surface area contributed by atoms with Gasteiger partial charge in [-0.05, 0) is 0 Å². The first-order chi connectivity index (χ1) is 1.00. The molecule has 0 saturated heterocycles. The Morgan fingerprint density at radius 2 is 1.00 bits per heavy atom. The van der Waals surface area contributed by atoms with Gasteiger partial charge in [0.1, 0.15) is 0 Å². The van der Waals surface area contributed by atoms with Gasteiger partial charge in [0.15, 0.2) is 0 Å². The molecule has 0 unspecified atom stereocenters. The second kappa shape index (κ2) is 156. The Balaban J connectivity index is -0.00000000500. The van der Waals surface area contributed by atoms with Gasteiger partial charge in [0.2, 0.25) is 0 Å². The molecular weight excluding hydrogens is 149 g/mol. The first-order valence-corrected chi connectivity index (χ1v) is 0.854. The zero-order valence-electron chi connectivity index (χ0n) is 1.76. The normalized spacial score (nSPS) is 1.25. The molecule has 0 aliphatic heterocycles. The molecule has 0 saturated carbocycles. The SMILES string of the molecule is O.O.[O]=[Ru]. The fourth-order valence-corrected chi connectivity index (χ4v) is 0. The van der Waals surface area contributed by atoms with E-state index in [1.807, 2.05) is 0 Å². The molecule has 4 heavy (non-hydrogen) atoms. The Morgan fingerprint density at radius 3 is 1.00 bits per heavy atom. The Kier molecular flexibility index (Phi) is 1050. The van der Waals surface area contributed by atoms with Crippen molar-refractivity contribution in [2.24, 2.45) is 0 Å². The molecule has 0 spiro atoms. The van der Waals surface area contributed by atoms with Gasteiger partial charge in [0, 0.05) is 0 Å². The zero-order chi connectivity index (χ0) is 2.00. The van der Waals surface area contributed by atoms with Crippen molar-refractivity contribution in [3.63, 3.8) is 0 Å². The molecular formula is H4O3Ru. The van der Waals surface area contributed by atoms with Crippen molar-refractivity contribution in [2.45, 2.75) is 0 Å². The minimum atomic E-state index is 0. The van der Waals surface area contributed by atoms with Crippen molar-refractivity contribution in [3.05, 3.63) is 0 Å². The van der Waals surface area contributed by atoms with Crippen LogP contribution in [-0.4, -0.2) is 11.0 Å². The van der Waals surface area contributed by atoms with Gasteiger partial charge in [-0.15, -0.1) is 0 Å². The van der Waals surface area contributed by atoms with Crippen LogP contribution in [0.3, 0.4) is 0 Å². The minimum absolute atomic E-state index is 0. The van der Waals surface area contributed by atoms with Gasteiger partial charge in [0.25, 0.3) is 0 Å². The standard InChI is InChI=1S/2H2O.O.Ru/h2*1H2;;. The van der Waals surface area contributed by atoms with Crippen LogP contribution in [0.15, 0.2) is 0 Å². The molecule has 0 amide bonds. The molecule has 30 valence electrons. The molecule has 4 heteroatoms. The molecule has 3 nitrogen and oxygen atoms in total. The van der Waals surface area contributed by atoms with E-state index in [1.165, 1.54) is 0 Å². The van der Waals surface area contributed by atoms with Crippen molar-refractivity contribution in [2.75, 3.05) is 0 Å². The van der Waals surface area contributed by atoms with Crippen molar-refractivity contribution in [1.82, 2.24) is 0 Å².